The number of nitrogens with one attached hydrogen (secondary N) is 1. The molecule has 0 radical (unpaired) electrons. The SMILES string of the molecule is C=CC(=O)N1CC2(CCN(c3nc(N4CC5(CC(O)CN5C)C4)nc4c(OCC(F)(F)F)c(-c5c(C)ccc6[nH]ncc56)c(C5CC5)cc34)CC2)C1. The number of aliphatic hydroxyl groups is 1. The molecule has 1 amide bonds. The molecule has 2 aromatic heterocycles. The van der Waals surface area contributed by atoms with Gasteiger partial charge in [-0.25, -0.2) is 4.98 Å². The minimum absolute atomic E-state index is 0.0344. The second-order valence-corrected chi connectivity index (χ2v) is 15.9. The number of aromatic amines is 1. The highest BCUT2D eigenvalue weighted by atomic mass is 19.4. The number of β-amino-alcohol motifs (C(OH)–C–C–N with tert-alkyl or cyclic N) is 1. The Labute approximate surface area is 299 Å². The fourth-order valence-corrected chi connectivity index (χ4v) is 9.24. The number of halogens is 3. The van der Waals surface area contributed by atoms with Crippen LogP contribution in [0.3, 0.4) is 0 Å². The van der Waals surface area contributed by atoms with E-state index < -0.39 is 18.9 Å². The van der Waals surface area contributed by atoms with Crippen molar-refractivity contribution in [3.63, 3.8) is 0 Å². The van der Waals surface area contributed by atoms with Crippen molar-refractivity contribution in [1.82, 2.24) is 30.0 Å². The summed E-state index contributed by atoms with van der Waals surface area (Å²) in [6.07, 6.45) is 2.31. The Hall–Kier alpha value is -4.43. The number of carbonyl (C=O) groups excluding carboxylic acids is 1. The maximum atomic E-state index is 14.1. The first kappa shape index (κ1) is 33.4. The first-order valence-electron chi connectivity index (χ1n) is 18.2. The van der Waals surface area contributed by atoms with Gasteiger partial charge in [0.2, 0.25) is 11.9 Å². The number of nitrogens with zero attached hydrogens (tertiary/aromatic N) is 7. The van der Waals surface area contributed by atoms with Gasteiger partial charge >= 0.3 is 6.18 Å². The van der Waals surface area contributed by atoms with Crippen molar-refractivity contribution in [2.45, 2.75) is 62.8 Å². The van der Waals surface area contributed by atoms with Gasteiger partial charge in [0.15, 0.2) is 12.4 Å². The number of piperidine rings is 1. The standard InChI is InChI=1S/C38H43F3N8O3/c1-4-29(51)48-17-36(18-48)9-11-47(12-10-36)34-26-13-25(23-6-7-23)31(30-22(2)5-8-28-27(30)15-42-45-28)33(52-21-38(39,40)41)32(26)43-35(44-34)49-19-37(20-49)14-24(50)16-46(37)3/h4-5,8,13,15,23-24,50H,1,6-7,9-12,14,16-21H2,2-3H3,(H,42,45). The van der Waals surface area contributed by atoms with Gasteiger partial charge < -0.3 is 24.5 Å². The first-order valence-corrected chi connectivity index (χ1v) is 18.2. The number of hydrogen-bond donors (Lipinski definition) is 2. The smallest absolute Gasteiger partial charge is 0.422 e. The molecule has 5 fully saturated rings. The number of aliphatic hydroxyl groups excluding tert-OH is 1. The van der Waals surface area contributed by atoms with Gasteiger partial charge in [-0.1, -0.05) is 12.6 Å². The molecular formula is C38H43F3N8O3. The number of ether oxygens (including phenoxy) is 1. The zero-order valence-electron chi connectivity index (χ0n) is 29.5. The van der Waals surface area contributed by atoms with E-state index in [0.29, 0.717) is 80.5 Å². The average Bonchev–Trinajstić information content (AvgIpc) is 3.73. The summed E-state index contributed by atoms with van der Waals surface area (Å²) in [7, 11) is 2.02. The summed E-state index contributed by atoms with van der Waals surface area (Å²) in [5.41, 5.74) is 4.24. The fraction of sp³-hybridized carbons (Fsp3) is 0.526. The number of hydrogen-bond acceptors (Lipinski definition) is 9. The lowest BCUT2D eigenvalue weighted by atomic mass is 9.72. The monoisotopic (exact) mass is 716 g/mol. The van der Waals surface area contributed by atoms with Gasteiger partial charge in [-0.05, 0) is 86.9 Å². The Morgan fingerprint density at radius 2 is 1.85 bits per heavy atom. The summed E-state index contributed by atoms with van der Waals surface area (Å²) in [6.45, 7) is 8.69. The molecular weight excluding hydrogens is 673 g/mol. The van der Waals surface area contributed by atoms with E-state index in [9.17, 15) is 23.1 Å². The molecule has 2 spiro atoms. The lowest BCUT2D eigenvalue weighted by Gasteiger charge is -2.54. The van der Waals surface area contributed by atoms with Crippen LogP contribution in [0.2, 0.25) is 0 Å². The maximum absolute atomic E-state index is 14.1. The number of benzene rings is 2. The molecule has 4 aliphatic heterocycles. The highest BCUT2D eigenvalue weighted by molar-refractivity contribution is 6.06. The average molecular weight is 717 g/mol. The quantitative estimate of drug-likeness (QED) is 0.250. The molecule has 0 bridgehead atoms. The van der Waals surface area contributed by atoms with Crippen molar-refractivity contribution in [2.24, 2.45) is 5.41 Å². The summed E-state index contributed by atoms with van der Waals surface area (Å²) in [5, 5.41) is 19.3. The van der Waals surface area contributed by atoms with Gasteiger partial charge in [0.1, 0.15) is 11.3 Å². The molecule has 1 aliphatic carbocycles. The molecule has 52 heavy (non-hydrogen) atoms. The van der Waals surface area contributed by atoms with Crippen LogP contribution in [0.1, 0.15) is 49.1 Å². The normalized spacial score (nSPS) is 22.7. The van der Waals surface area contributed by atoms with Crippen LogP contribution in [-0.2, 0) is 4.79 Å². The van der Waals surface area contributed by atoms with E-state index in [2.05, 4.69) is 37.5 Å². The molecule has 9 rings (SSSR count). The van der Waals surface area contributed by atoms with E-state index in [-0.39, 0.29) is 28.5 Å². The number of likely N-dealkylation sites (tertiary alicyclic amines) is 2. The zero-order valence-corrected chi connectivity index (χ0v) is 29.5. The Morgan fingerprint density at radius 3 is 2.50 bits per heavy atom. The molecule has 14 heteroatoms. The second kappa shape index (κ2) is 11.8. The number of amides is 1. The fourth-order valence-electron chi connectivity index (χ4n) is 9.24. The molecule has 2 N–H and O–H groups in total. The van der Waals surface area contributed by atoms with E-state index in [1.54, 1.807) is 6.20 Å². The largest absolute Gasteiger partial charge is 0.481 e. The van der Waals surface area contributed by atoms with Crippen LogP contribution >= 0.6 is 0 Å². The van der Waals surface area contributed by atoms with E-state index in [1.807, 2.05) is 31.0 Å². The number of alkyl halides is 3. The number of aromatic nitrogens is 4. The number of rotatable bonds is 7. The number of fused-ring (bicyclic) bond motifs is 2. The van der Waals surface area contributed by atoms with Gasteiger partial charge in [0, 0.05) is 67.6 Å². The Kier molecular flexibility index (Phi) is 7.57. The van der Waals surface area contributed by atoms with Crippen LogP contribution in [0.4, 0.5) is 24.9 Å². The van der Waals surface area contributed by atoms with Crippen molar-refractivity contribution in [1.29, 1.82) is 0 Å². The lowest BCUT2D eigenvalue weighted by Crippen LogP contribution is -2.67. The van der Waals surface area contributed by atoms with Gasteiger partial charge in [-0.2, -0.15) is 23.3 Å². The highest BCUT2D eigenvalue weighted by Gasteiger charge is 2.53. The summed E-state index contributed by atoms with van der Waals surface area (Å²) in [6, 6.07) is 6.00. The zero-order chi connectivity index (χ0) is 36.2. The van der Waals surface area contributed by atoms with Crippen LogP contribution in [0.5, 0.6) is 5.75 Å². The summed E-state index contributed by atoms with van der Waals surface area (Å²) >= 11 is 0. The van der Waals surface area contributed by atoms with E-state index in [1.165, 1.54) is 6.08 Å². The number of H-pyrrole nitrogens is 1. The molecule has 5 aliphatic rings. The molecule has 4 aromatic rings. The summed E-state index contributed by atoms with van der Waals surface area (Å²) in [5.74, 6) is 1.36. The third kappa shape index (κ3) is 5.48. The van der Waals surface area contributed by atoms with Crippen molar-refractivity contribution < 1.29 is 27.8 Å². The highest BCUT2D eigenvalue weighted by Crippen LogP contribution is 2.54. The Balaban J connectivity index is 1.21. The second-order valence-electron chi connectivity index (χ2n) is 15.9. The third-order valence-electron chi connectivity index (χ3n) is 12.2. The van der Waals surface area contributed by atoms with E-state index in [4.69, 9.17) is 14.7 Å². The summed E-state index contributed by atoms with van der Waals surface area (Å²) < 4.78 is 48.2. The number of anilines is 2. The van der Waals surface area contributed by atoms with Crippen LogP contribution in [0.25, 0.3) is 32.9 Å². The molecule has 1 saturated carbocycles. The maximum Gasteiger partial charge on any atom is 0.422 e. The molecule has 11 nitrogen and oxygen atoms in total. The predicted molar refractivity (Wildman–Crippen MR) is 192 cm³/mol. The van der Waals surface area contributed by atoms with E-state index in [0.717, 1.165) is 53.3 Å². The van der Waals surface area contributed by atoms with Gasteiger partial charge in [0.05, 0.1) is 23.4 Å². The van der Waals surface area contributed by atoms with Crippen molar-refractivity contribution in [3.05, 3.63) is 48.2 Å². The topological polar surface area (TPSA) is 114 Å². The Bertz CT molecular complexity index is 2090. The Morgan fingerprint density at radius 1 is 1.10 bits per heavy atom. The van der Waals surface area contributed by atoms with Crippen LogP contribution in [0, 0.1) is 12.3 Å². The first-order chi connectivity index (χ1) is 24.9. The van der Waals surface area contributed by atoms with Gasteiger partial charge in [0.25, 0.3) is 0 Å². The van der Waals surface area contributed by atoms with Crippen LogP contribution in [-0.4, -0.2) is 118 Å². The minimum Gasteiger partial charge on any atom is -0.481 e. The third-order valence-corrected chi connectivity index (χ3v) is 12.2. The van der Waals surface area contributed by atoms with Crippen molar-refractivity contribution in [3.8, 4) is 16.9 Å². The van der Waals surface area contributed by atoms with Crippen molar-refractivity contribution in [2.75, 3.05) is 69.3 Å². The number of aryl methyl sites for hydroxylation is 1. The van der Waals surface area contributed by atoms with Gasteiger partial charge in [-0.3, -0.25) is 14.8 Å². The molecule has 2 aromatic carbocycles. The summed E-state index contributed by atoms with van der Waals surface area (Å²) in [4.78, 5) is 30.9. The van der Waals surface area contributed by atoms with Crippen molar-refractivity contribution >= 4 is 39.5 Å². The molecule has 6 heterocycles. The molecule has 1 unspecified atom stereocenters. The number of likely N-dealkylation sites (N-methyl/N-ethyl adjacent to an activating group) is 1. The van der Waals surface area contributed by atoms with Crippen LogP contribution in [0.15, 0.2) is 37.1 Å². The lowest BCUT2D eigenvalue weighted by molar-refractivity contribution is -0.153. The van der Waals surface area contributed by atoms with Gasteiger partial charge in [-0.15, -0.1) is 0 Å². The predicted octanol–water partition coefficient (Wildman–Crippen LogP) is 5.17. The van der Waals surface area contributed by atoms with Crippen LogP contribution < -0.4 is 14.5 Å². The molecule has 1 atom stereocenters. The molecule has 4 saturated heterocycles. The van der Waals surface area contributed by atoms with E-state index >= 15 is 0 Å². The number of carbonyl (C=O) groups is 1. The molecule has 274 valence electrons. The minimum atomic E-state index is -4.57.